The van der Waals surface area contributed by atoms with Gasteiger partial charge in [0.05, 0.1) is 24.3 Å². The van der Waals surface area contributed by atoms with E-state index in [9.17, 15) is 76.0 Å². The molecule has 60 heavy (non-hydrogen) atoms. The van der Waals surface area contributed by atoms with Crippen LogP contribution in [0.1, 0.15) is 13.3 Å². The third-order valence-corrected chi connectivity index (χ3v) is 9.93. The van der Waals surface area contributed by atoms with Gasteiger partial charge in [0, 0.05) is 24.3 Å². The fraction of sp³-hybridized carbons (Fsp3) is 0.528. The molecule has 0 spiro atoms. The molecule has 0 aliphatic carbocycles. The highest BCUT2D eigenvalue weighted by Gasteiger charge is 2.52. The number of phenols is 4. The van der Waals surface area contributed by atoms with Crippen molar-refractivity contribution in [2.75, 3.05) is 13.2 Å². The maximum Gasteiger partial charge on any atom is 0.402 e. The Labute approximate surface area is 336 Å². The minimum atomic E-state index is -1.96. The molecular formula is C36H43O24+. The van der Waals surface area contributed by atoms with Crippen molar-refractivity contribution >= 4 is 22.9 Å². The maximum atomic E-state index is 11.8. The molecule has 24 nitrogen and oxygen atoms in total. The molecule has 6 rings (SSSR count). The molecule has 3 fully saturated rings. The van der Waals surface area contributed by atoms with E-state index >= 15 is 0 Å². The van der Waals surface area contributed by atoms with Crippen molar-refractivity contribution in [1.29, 1.82) is 0 Å². The number of fused-ring (bicyclic) bond motifs is 1. The fourth-order valence-corrected chi connectivity index (χ4v) is 6.60. The second-order valence-electron chi connectivity index (χ2n) is 14.1. The highest BCUT2D eigenvalue weighted by Crippen LogP contribution is 2.45. The van der Waals surface area contributed by atoms with Gasteiger partial charge < -0.3 is 105 Å². The van der Waals surface area contributed by atoms with Crippen LogP contribution in [0.2, 0.25) is 0 Å². The SMILES string of the molecule is C[C@@H]1O[C@@H](O[C@H]2[C@@H](Oc3cc4c(O)cc(O[C@@H]5O[C@H](COC(=O)CC(=O)O)[C@@H](O)[C@H](O)[C@H]5O)cc4[o+]c3-c3cc(O)c(O)c(O)c3)O[C@H](CO)[C@@H](O)[C@@H]2O)[C@H](O)[C@H](O)[C@H]1O. The van der Waals surface area contributed by atoms with Gasteiger partial charge in [-0.05, 0) is 6.92 Å². The zero-order chi connectivity index (χ0) is 43.9. The largest absolute Gasteiger partial charge is 0.507 e. The number of ether oxygens (including phenoxy) is 7. The van der Waals surface area contributed by atoms with Crippen LogP contribution in [0.15, 0.2) is 34.7 Å². The van der Waals surface area contributed by atoms with Crippen molar-refractivity contribution in [3.8, 4) is 45.8 Å². The number of esters is 1. The molecule has 24 heteroatoms. The van der Waals surface area contributed by atoms with E-state index < -0.39 is 158 Å². The summed E-state index contributed by atoms with van der Waals surface area (Å²) in [6, 6.07) is 5.04. The van der Waals surface area contributed by atoms with E-state index in [0.29, 0.717) is 0 Å². The molecule has 0 saturated carbocycles. The first-order chi connectivity index (χ1) is 28.3. The fourth-order valence-electron chi connectivity index (χ4n) is 6.60. The molecule has 2 aromatic carbocycles. The van der Waals surface area contributed by atoms with Crippen LogP contribution in [0.4, 0.5) is 0 Å². The number of aliphatic hydroxyl groups excluding tert-OH is 9. The van der Waals surface area contributed by atoms with Gasteiger partial charge in [-0.15, -0.1) is 0 Å². The first kappa shape index (κ1) is 44.6. The molecule has 0 amide bonds. The summed E-state index contributed by atoms with van der Waals surface area (Å²) in [5.41, 5.74) is -0.496. The number of aliphatic carboxylic acids is 1. The molecule has 0 bridgehead atoms. The Hall–Kier alpha value is -4.93. The van der Waals surface area contributed by atoms with Gasteiger partial charge >= 0.3 is 23.3 Å². The van der Waals surface area contributed by atoms with Gasteiger partial charge in [0.25, 0.3) is 0 Å². The number of carbonyl (C=O) groups excluding carboxylic acids is 1. The smallest absolute Gasteiger partial charge is 0.402 e. The summed E-state index contributed by atoms with van der Waals surface area (Å²) in [5, 5.41) is 145. The van der Waals surface area contributed by atoms with Gasteiger partial charge in [-0.3, -0.25) is 9.59 Å². The van der Waals surface area contributed by atoms with Crippen molar-refractivity contribution in [3.05, 3.63) is 30.3 Å². The van der Waals surface area contributed by atoms with Crippen LogP contribution in [0.5, 0.6) is 34.5 Å². The Morgan fingerprint density at radius 2 is 1.30 bits per heavy atom. The van der Waals surface area contributed by atoms with Gasteiger partial charge in [-0.2, -0.15) is 0 Å². The molecule has 14 N–H and O–H groups in total. The summed E-state index contributed by atoms with van der Waals surface area (Å²) in [6.07, 6.45) is -27.2. The van der Waals surface area contributed by atoms with Crippen molar-refractivity contribution in [2.24, 2.45) is 0 Å². The number of hydrogen-bond acceptors (Lipinski definition) is 22. The van der Waals surface area contributed by atoms with E-state index in [0.717, 1.165) is 30.3 Å². The highest BCUT2D eigenvalue weighted by atomic mass is 16.8. The summed E-state index contributed by atoms with van der Waals surface area (Å²) >= 11 is 0. The second-order valence-corrected chi connectivity index (χ2v) is 14.1. The number of hydrogen-bond donors (Lipinski definition) is 14. The van der Waals surface area contributed by atoms with Crippen LogP contribution in [0.3, 0.4) is 0 Å². The standard InChI is InChI=1S/C36H42O24/c1-10-23(44)27(48)30(51)34(54-10)60-33-29(50)25(46)19(8-37)58-36(33)57-18-6-13-14(38)4-12(5-17(13)56-32(18)11-2-15(39)24(45)16(40)3-11)55-35-31(52)28(49)26(47)20(59-35)9-53-22(43)7-21(41)42/h2-6,10,19-20,23,25-31,33-37,44,46-52H,7-9H2,1H3,(H4-,38,39,40,41,42,45)/p+1/t10-,19+,20+,23-,25+,26+,27+,28-,29-,30+,31+,33+,34-,35+,36-/m0/s1. The number of carbonyl (C=O) groups is 2. The number of aromatic hydroxyl groups is 4. The Kier molecular flexibility index (Phi) is 13.4. The lowest BCUT2D eigenvalue weighted by Crippen LogP contribution is -2.64. The molecule has 3 saturated heterocycles. The topological polar surface area (TPSA) is 393 Å². The molecule has 330 valence electrons. The quantitative estimate of drug-likeness (QED) is 0.0363. The first-order valence-electron chi connectivity index (χ1n) is 18.1. The number of carboxylic acid groups (broad SMARTS) is 1. The van der Waals surface area contributed by atoms with Crippen molar-refractivity contribution in [3.63, 3.8) is 0 Å². The van der Waals surface area contributed by atoms with Crippen molar-refractivity contribution < 1.29 is 119 Å². The minimum Gasteiger partial charge on any atom is -0.507 e. The van der Waals surface area contributed by atoms with E-state index in [4.69, 9.17) is 42.7 Å². The molecule has 0 radical (unpaired) electrons. The van der Waals surface area contributed by atoms with Crippen LogP contribution < -0.4 is 9.47 Å². The van der Waals surface area contributed by atoms with Gasteiger partial charge in [-0.1, -0.05) is 0 Å². The first-order valence-corrected chi connectivity index (χ1v) is 18.1. The summed E-state index contributed by atoms with van der Waals surface area (Å²) in [7, 11) is 0. The maximum absolute atomic E-state index is 11.8. The van der Waals surface area contributed by atoms with Gasteiger partial charge in [0.1, 0.15) is 91.0 Å². The van der Waals surface area contributed by atoms with E-state index in [2.05, 4.69) is 0 Å². The lowest BCUT2D eigenvalue weighted by Gasteiger charge is -2.45. The van der Waals surface area contributed by atoms with Gasteiger partial charge in [-0.25, -0.2) is 4.42 Å². The molecule has 0 unspecified atom stereocenters. The Balaban J connectivity index is 1.36. The third kappa shape index (κ3) is 9.05. The van der Waals surface area contributed by atoms with Crippen molar-refractivity contribution in [2.45, 2.75) is 105 Å². The van der Waals surface area contributed by atoms with E-state index in [1.165, 1.54) is 6.92 Å². The van der Waals surface area contributed by atoms with Crippen LogP contribution in [-0.4, -0.2) is 189 Å². The molecule has 4 heterocycles. The normalized spacial score (nSPS) is 34.5. The summed E-state index contributed by atoms with van der Waals surface area (Å²) in [5.74, 6) is -7.15. The second kappa shape index (κ2) is 18.0. The Morgan fingerprint density at radius 1 is 0.683 bits per heavy atom. The molecule has 1 aromatic heterocycles. The molecule has 3 aliphatic heterocycles. The van der Waals surface area contributed by atoms with Crippen molar-refractivity contribution in [1.82, 2.24) is 0 Å². The zero-order valence-electron chi connectivity index (χ0n) is 31.0. The van der Waals surface area contributed by atoms with Crippen LogP contribution in [0.25, 0.3) is 22.3 Å². The van der Waals surface area contributed by atoms with Gasteiger partial charge in [0.15, 0.2) is 29.6 Å². The average molecular weight is 860 g/mol. The van der Waals surface area contributed by atoms with E-state index in [-0.39, 0.29) is 22.3 Å². The summed E-state index contributed by atoms with van der Waals surface area (Å²) in [6.45, 7) is -0.291. The lowest BCUT2D eigenvalue weighted by molar-refractivity contribution is -0.354. The number of carboxylic acids is 1. The molecule has 3 aliphatic rings. The van der Waals surface area contributed by atoms with E-state index in [1.807, 2.05) is 0 Å². The molecular weight excluding hydrogens is 816 g/mol. The summed E-state index contributed by atoms with van der Waals surface area (Å²) < 4.78 is 45.0. The predicted octanol–water partition coefficient (Wildman–Crippen LogP) is -3.56. The lowest BCUT2D eigenvalue weighted by atomic mass is 9.97. The van der Waals surface area contributed by atoms with Crippen LogP contribution in [0, 0.1) is 0 Å². The number of phenolic OH excluding ortho intramolecular Hbond substituents is 4. The number of aliphatic hydroxyl groups is 9. The van der Waals surface area contributed by atoms with Crippen LogP contribution in [-0.2, 0) is 33.3 Å². The molecule has 3 aromatic rings. The van der Waals surface area contributed by atoms with E-state index in [1.54, 1.807) is 0 Å². The van der Waals surface area contributed by atoms with Crippen LogP contribution >= 0.6 is 0 Å². The third-order valence-electron chi connectivity index (χ3n) is 9.93. The zero-order valence-corrected chi connectivity index (χ0v) is 31.0. The number of benzene rings is 2. The Morgan fingerprint density at radius 3 is 1.95 bits per heavy atom. The predicted molar refractivity (Wildman–Crippen MR) is 189 cm³/mol. The monoisotopic (exact) mass is 859 g/mol. The highest BCUT2D eigenvalue weighted by molar-refractivity contribution is 5.90. The molecule has 15 atom stereocenters. The average Bonchev–Trinajstić information content (AvgIpc) is 3.19. The number of rotatable bonds is 12. The summed E-state index contributed by atoms with van der Waals surface area (Å²) in [4.78, 5) is 22.6. The Bertz CT molecular complexity index is 2010. The van der Waals surface area contributed by atoms with Gasteiger partial charge in [0.2, 0.25) is 18.3 Å². The minimum absolute atomic E-state index is 0.179.